The fraction of sp³-hybridized carbons (Fsp3) is 0.269. The molecule has 3 heterocycles. The first-order valence-electron chi connectivity index (χ1n) is 11.4. The first-order valence-corrected chi connectivity index (χ1v) is 11.8. The van der Waals surface area contributed by atoms with Crippen molar-refractivity contribution in [1.29, 1.82) is 5.26 Å². The molecule has 1 aliphatic heterocycles. The number of aromatic nitrogens is 4. The third-order valence-corrected chi connectivity index (χ3v) is 6.65. The number of aryl methyl sites for hydroxylation is 2. The number of nitrogens with zero attached hydrogens (tertiary/aromatic N) is 6. The standard InChI is InChI=1S/C26H24ClN7O/c1-16-5-6-19(21(27)12-16)14-29-25-23-22(15-30-33(23)2)31-24(32-25)17-7-9-18(10-8-17)26(35)34-11-3-4-20(34)13-28/h5-10,12,15,20H,3-4,11,14H2,1-2H3,(H,29,31,32)/t20-/m0/s1. The van der Waals surface area contributed by atoms with Crippen molar-refractivity contribution in [2.75, 3.05) is 11.9 Å². The van der Waals surface area contributed by atoms with Crippen LogP contribution in [0.15, 0.2) is 48.7 Å². The Kier molecular flexibility index (Phi) is 6.10. The Morgan fingerprint density at radius 3 is 2.77 bits per heavy atom. The van der Waals surface area contributed by atoms with Gasteiger partial charge in [-0.05, 0) is 49.1 Å². The fourth-order valence-electron chi connectivity index (χ4n) is 4.38. The van der Waals surface area contributed by atoms with E-state index in [4.69, 9.17) is 16.6 Å². The second-order valence-electron chi connectivity index (χ2n) is 8.71. The second kappa shape index (κ2) is 9.35. The van der Waals surface area contributed by atoms with E-state index in [2.05, 4.69) is 21.5 Å². The predicted molar refractivity (Wildman–Crippen MR) is 135 cm³/mol. The lowest BCUT2D eigenvalue weighted by molar-refractivity contribution is 0.0765. The minimum absolute atomic E-state index is 0.124. The minimum Gasteiger partial charge on any atom is -0.364 e. The van der Waals surface area contributed by atoms with Gasteiger partial charge in [0.15, 0.2) is 11.6 Å². The molecule has 0 radical (unpaired) electrons. The van der Waals surface area contributed by atoms with Gasteiger partial charge in [-0.15, -0.1) is 0 Å². The number of benzene rings is 2. The maximum atomic E-state index is 12.9. The van der Waals surface area contributed by atoms with E-state index in [1.165, 1.54) is 0 Å². The van der Waals surface area contributed by atoms with E-state index in [9.17, 15) is 10.1 Å². The van der Waals surface area contributed by atoms with Crippen LogP contribution >= 0.6 is 11.6 Å². The summed E-state index contributed by atoms with van der Waals surface area (Å²) in [6, 6.07) is 15.0. The number of carbonyl (C=O) groups excluding carboxylic acids is 1. The summed E-state index contributed by atoms with van der Waals surface area (Å²) in [7, 11) is 1.85. The summed E-state index contributed by atoms with van der Waals surface area (Å²) in [5.41, 5.74) is 4.90. The van der Waals surface area contributed by atoms with Crippen LogP contribution in [-0.4, -0.2) is 43.1 Å². The first kappa shape index (κ1) is 22.8. The van der Waals surface area contributed by atoms with Crippen LogP contribution in [0.4, 0.5) is 5.82 Å². The van der Waals surface area contributed by atoms with Crippen molar-refractivity contribution in [3.05, 3.63) is 70.4 Å². The number of fused-ring (bicyclic) bond motifs is 1. The highest BCUT2D eigenvalue weighted by molar-refractivity contribution is 6.31. The molecule has 1 N–H and O–H groups in total. The Balaban J connectivity index is 1.43. The highest BCUT2D eigenvalue weighted by Gasteiger charge is 2.29. The van der Waals surface area contributed by atoms with Crippen molar-refractivity contribution in [1.82, 2.24) is 24.6 Å². The number of rotatable bonds is 5. The van der Waals surface area contributed by atoms with E-state index in [1.54, 1.807) is 27.9 Å². The maximum Gasteiger partial charge on any atom is 0.254 e. The van der Waals surface area contributed by atoms with Crippen molar-refractivity contribution in [2.45, 2.75) is 32.4 Å². The molecule has 4 aromatic rings. The first-order chi connectivity index (χ1) is 16.9. The summed E-state index contributed by atoms with van der Waals surface area (Å²) in [6.45, 7) is 3.11. The summed E-state index contributed by atoms with van der Waals surface area (Å²) >= 11 is 6.42. The Morgan fingerprint density at radius 1 is 1.23 bits per heavy atom. The van der Waals surface area contributed by atoms with E-state index in [0.717, 1.165) is 35.0 Å². The van der Waals surface area contributed by atoms with Crippen molar-refractivity contribution in [3.63, 3.8) is 0 Å². The number of nitriles is 1. The molecule has 5 rings (SSSR count). The zero-order valence-corrected chi connectivity index (χ0v) is 20.3. The number of amides is 1. The Hall–Kier alpha value is -3.96. The van der Waals surface area contributed by atoms with Crippen LogP contribution in [0.5, 0.6) is 0 Å². The van der Waals surface area contributed by atoms with Gasteiger partial charge in [0.2, 0.25) is 0 Å². The Morgan fingerprint density at radius 2 is 2.03 bits per heavy atom. The fourth-order valence-corrected chi connectivity index (χ4v) is 4.68. The number of anilines is 1. The number of hydrogen-bond acceptors (Lipinski definition) is 6. The van der Waals surface area contributed by atoms with Crippen LogP contribution in [0.3, 0.4) is 0 Å². The van der Waals surface area contributed by atoms with Crippen LogP contribution < -0.4 is 5.32 Å². The summed E-state index contributed by atoms with van der Waals surface area (Å²) in [6.07, 6.45) is 3.28. The molecule has 176 valence electrons. The lowest BCUT2D eigenvalue weighted by Crippen LogP contribution is -2.34. The molecule has 1 saturated heterocycles. The number of hydrogen-bond donors (Lipinski definition) is 1. The lowest BCUT2D eigenvalue weighted by atomic mass is 10.1. The van der Waals surface area contributed by atoms with Crippen LogP contribution in [0.2, 0.25) is 5.02 Å². The van der Waals surface area contributed by atoms with Crippen molar-refractivity contribution < 1.29 is 4.79 Å². The van der Waals surface area contributed by atoms with Crippen LogP contribution in [0.25, 0.3) is 22.4 Å². The van der Waals surface area contributed by atoms with Crippen molar-refractivity contribution in [3.8, 4) is 17.5 Å². The molecule has 2 aromatic carbocycles. The number of carbonyl (C=O) groups is 1. The topological polar surface area (TPSA) is 99.7 Å². The third-order valence-electron chi connectivity index (χ3n) is 6.30. The Labute approximate surface area is 208 Å². The molecule has 8 nitrogen and oxygen atoms in total. The molecule has 1 fully saturated rings. The van der Waals surface area contributed by atoms with Gasteiger partial charge in [-0.3, -0.25) is 9.48 Å². The van der Waals surface area contributed by atoms with Crippen molar-refractivity contribution >= 4 is 34.4 Å². The molecule has 1 amide bonds. The average molecular weight is 486 g/mol. The molecule has 0 bridgehead atoms. The zero-order chi connectivity index (χ0) is 24.5. The van der Waals surface area contributed by atoms with Gasteiger partial charge in [0.05, 0.1) is 12.3 Å². The predicted octanol–water partition coefficient (Wildman–Crippen LogP) is 4.73. The normalized spacial score (nSPS) is 15.4. The van der Waals surface area contributed by atoms with Gasteiger partial charge >= 0.3 is 0 Å². The van der Waals surface area contributed by atoms with E-state index in [-0.39, 0.29) is 11.9 Å². The molecular formula is C26H24ClN7O. The summed E-state index contributed by atoms with van der Waals surface area (Å²) in [5, 5.41) is 17.7. The van der Waals surface area contributed by atoms with E-state index in [0.29, 0.717) is 40.8 Å². The summed E-state index contributed by atoms with van der Waals surface area (Å²) in [5.74, 6) is 1.05. The third kappa shape index (κ3) is 4.43. The van der Waals surface area contributed by atoms with Crippen molar-refractivity contribution in [2.24, 2.45) is 7.05 Å². The lowest BCUT2D eigenvalue weighted by Gasteiger charge is -2.19. The molecule has 0 spiro atoms. The highest BCUT2D eigenvalue weighted by atomic mass is 35.5. The number of nitrogens with one attached hydrogen (secondary N) is 1. The highest BCUT2D eigenvalue weighted by Crippen LogP contribution is 2.27. The molecule has 1 atom stereocenters. The molecule has 0 unspecified atom stereocenters. The molecule has 9 heteroatoms. The quantitative estimate of drug-likeness (QED) is 0.438. The number of halogens is 1. The van der Waals surface area contributed by atoms with Gasteiger partial charge < -0.3 is 10.2 Å². The van der Waals surface area contributed by atoms with Gasteiger partial charge in [0, 0.05) is 36.3 Å². The van der Waals surface area contributed by atoms with Gasteiger partial charge in [-0.2, -0.15) is 10.4 Å². The van der Waals surface area contributed by atoms with Crippen LogP contribution in [-0.2, 0) is 13.6 Å². The largest absolute Gasteiger partial charge is 0.364 e. The maximum absolute atomic E-state index is 12.9. The Bertz CT molecular complexity index is 1460. The molecule has 0 saturated carbocycles. The second-order valence-corrected chi connectivity index (χ2v) is 9.12. The summed E-state index contributed by atoms with van der Waals surface area (Å²) < 4.78 is 1.74. The number of likely N-dealkylation sites (tertiary alicyclic amines) is 1. The van der Waals surface area contributed by atoms with Gasteiger partial charge in [0.1, 0.15) is 17.1 Å². The SMILES string of the molecule is Cc1ccc(CNc2nc(-c3ccc(C(=O)N4CCC[C@H]4C#N)cc3)nc3cnn(C)c23)c(Cl)c1. The molecule has 35 heavy (non-hydrogen) atoms. The summed E-state index contributed by atoms with van der Waals surface area (Å²) in [4.78, 5) is 24.0. The molecule has 0 aliphatic carbocycles. The van der Waals surface area contributed by atoms with E-state index in [1.807, 2.05) is 44.3 Å². The van der Waals surface area contributed by atoms with E-state index < -0.39 is 0 Å². The van der Waals surface area contributed by atoms with E-state index >= 15 is 0 Å². The van der Waals surface area contributed by atoms with Gasteiger partial charge in [-0.25, -0.2) is 9.97 Å². The smallest absolute Gasteiger partial charge is 0.254 e. The monoisotopic (exact) mass is 485 g/mol. The van der Waals surface area contributed by atoms with Crippen LogP contribution in [0.1, 0.15) is 34.3 Å². The molecule has 2 aromatic heterocycles. The molecular weight excluding hydrogens is 462 g/mol. The average Bonchev–Trinajstić information content (AvgIpc) is 3.49. The minimum atomic E-state index is -0.353. The zero-order valence-electron chi connectivity index (χ0n) is 19.5. The van der Waals surface area contributed by atoms with Gasteiger partial charge in [0.25, 0.3) is 5.91 Å². The molecule has 1 aliphatic rings. The van der Waals surface area contributed by atoms with Crippen LogP contribution in [0, 0.1) is 18.3 Å². The van der Waals surface area contributed by atoms with Gasteiger partial charge in [-0.1, -0.05) is 35.9 Å².